The summed E-state index contributed by atoms with van der Waals surface area (Å²) in [6.45, 7) is 1.08. The van der Waals surface area contributed by atoms with Gasteiger partial charge >= 0.3 is 0 Å². The van der Waals surface area contributed by atoms with Gasteiger partial charge in [0, 0.05) is 37.1 Å². The molecule has 3 heterocycles. The van der Waals surface area contributed by atoms with Gasteiger partial charge in [-0.3, -0.25) is 5.10 Å². The molecular formula is C27H33N7O4. The number of carbonyl (C=O) groups excluding carboxylic acids is 1. The molecule has 0 unspecified atom stereocenters. The SMILES string of the molecule is CNc1ccc(OC)cc1.COc1c(Nc2n[nH]c3ccccc23)ncnc1N1CC(O)C1.O=CC1CC1. The van der Waals surface area contributed by atoms with Crippen molar-refractivity contribution in [2.24, 2.45) is 5.92 Å². The lowest BCUT2D eigenvalue weighted by Gasteiger charge is -2.37. The number of benzene rings is 2. The second-order valence-corrected chi connectivity index (χ2v) is 8.83. The summed E-state index contributed by atoms with van der Waals surface area (Å²) in [4.78, 5) is 20.0. The summed E-state index contributed by atoms with van der Waals surface area (Å²) in [6, 6.07) is 15.6. The number of para-hydroxylation sites is 1. The molecule has 200 valence electrons. The summed E-state index contributed by atoms with van der Waals surface area (Å²) < 4.78 is 10.5. The first-order chi connectivity index (χ1) is 18.6. The highest BCUT2D eigenvalue weighted by molar-refractivity contribution is 5.91. The van der Waals surface area contributed by atoms with E-state index >= 15 is 0 Å². The number of nitrogens with one attached hydrogen (secondary N) is 3. The smallest absolute Gasteiger partial charge is 0.204 e. The fraction of sp³-hybridized carbons (Fsp3) is 0.333. The molecule has 11 heteroatoms. The average Bonchev–Trinajstić information content (AvgIpc) is 3.72. The van der Waals surface area contributed by atoms with Crippen LogP contribution in [0.2, 0.25) is 0 Å². The number of aliphatic hydroxyl groups excluding tert-OH is 1. The molecule has 1 aliphatic carbocycles. The molecule has 0 amide bonds. The largest absolute Gasteiger partial charge is 0.497 e. The summed E-state index contributed by atoms with van der Waals surface area (Å²) in [5.41, 5.74) is 2.04. The highest BCUT2D eigenvalue weighted by Gasteiger charge is 2.29. The molecule has 0 spiro atoms. The number of nitrogens with zero attached hydrogens (tertiary/aromatic N) is 4. The maximum Gasteiger partial charge on any atom is 0.204 e. The number of H-pyrrole nitrogens is 1. The Morgan fingerprint density at radius 3 is 2.34 bits per heavy atom. The number of aromatic nitrogens is 4. The highest BCUT2D eigenvalue weighted by Crippen LogP contribution is 2.36. The topological polar surface area (TPSA) is 138 Å². The summed E-state index contributed by atoms with van der Waals surface area (Å²) >= 11 is 0. The maximum absolute atomic E-state index is 9.57. The van der Waals surface area contributed by atoms with Gasteiger partial charge in [0.2, 0.25) is 5.75 Å². The molecule has 6 rings (SSSR count). The van der Waals surface area contributed by atoms with Gasteiger partial charge in [0.15, 0.2) is 17.5 Å². The van der Waals surface area contributed by atoms with Crippen LogP contribution in [0.5, 0.6) is 11.5 Å². The summed E-state index contributed by atoms with van der Waals surface area (Å²) in [5.74, 6) is 3.75. The van der Waals surface area contributed by atoms with Gasteiger partial charge in [-0.05, 0) is 49.2 Å². The van der Waals surface area contributed by atoms with E-state index < -0.39 is 0 Å². The Kier molecular flexibility index (Phi) is 8.94. The molecule has 1 aliphatic heterocycles. The van der Waals surface area contributed by atoms with E-state index in [0.717, 1.165) is 41.5 Å². The monoisotopic (exact) mass is 519 g/mol. The number of methoxy groups -OCH3 is 2. The van der Waals surface area contributed by atoms with Gasteiger partial charge in [0.25, 0.3) is 0 Å². The molecule has 0 radical (unpaired) electrons. The third-order valence-electron chi connectivity index (χ3n) is 6.05. The van der Waals surface area contributed by atoms with Crippen molar-refractivity contribution in [1.29, 1.82) is 0 Å². The predicted molar refractivity (Wildman–Crippen MR) is 148 cm³/mol. The van der Waals surface area contributed by atoms with Crippen LogP contribution in [0.4, 0.5) is 23.1 Å². The van der Waals surface area contributed by atoms with Crippen LogP contribution in [0, 0.1) is 5.92 Å². The molecule has 2 aliphatic rings. The molecule has 4 aromatic rings. The summed E-state index contributed by atoms with van der Waals surface area (Å²) in [7, 11) is 5.13. The molecule has 1 saturated carbocycles. The molecular weight excluding hydrogens is 486 g/mol. The zero-order chi connectivity index (χ0) is 26.9. The van der Waals surface area contributed by atoms with Crippen molar-refractivity contribution in [3.05, 3.63) is 54.9 Å². The molecule has 2 fully saturated rings. The maximum atomic E-state index is 9.57. The number of rotatable bonds is 7. The fourth-order valence-corrected chi connectivity index (χ4v) is 3.66. The van der Waals surface area contributed by atoms with Crippen molar-refractivity contribution < 1.29 is 19.4 Å². The van der Waals surface area contributed by atoms with Crippen LogP contribution < -0.4 is 25.0 Å². The molecule has 1 saturated heterocycles. The molecule has 2 aromatic carbocycles. The van der Waals surface area contributed by atoms with Crippen LogP contribution in [0.15, 0.2) is 54.9 Å². The minimum atomic E-state index is -0.318. The molecule has 11 nitrogen and oxygen atoms in total. The van der Waals surface area contributed by atoms with Crippen molar-refractivity contribution in [3.63, 3.8) is 0 Å². The van der Waals surface area contributed by atoms with Gasteiger partial charge in [0.05, 0.1) is 25.8 Å². The number of β-amino-alcohol motifs (C(OH)–C–C–N with tert-alkyl or cyclic N) is 1. The van der Waals surface area contributed by atoms with Crippen LogP contribution in [0.1, 0.15) is 12.8 Å². The zero-order valence-electron chi connectivity index (χ0n) is 21.7. The van der Waals surface area contributed by atoms with E-state index in [1.807, 2.05) is 60.5 Å². The van der Waals surface area contributed by atoms with Gasteiger partial charge in [-0.15, -0.1) is 0 Å². The highest BCUT2D eigenvalue weighted by atomic mass is 16.5. The van der Waals surface area contributed by atoms with E-state index in [0.29, 0.717) is 42.2 Å². The summed E-state index contributed by atoms with van der Waals surface area (Å²) in [5, 5.41) is 23.9. The van der Waals surface area contributed by atoms with Crippen LogP contribution >= 0.6 is 0 Å². The van der Waals surface area contributed by atoms with Gasteiger partial charge in [-0.1, -0.05) is 12.1 Å². The standard InChI is InChI=1S/C15H16N6O2.C8H11NO.C4H6O/c1-23-12-14(16-8-17-15(12)21-6-9(22)7-21)18-13-10-4-2-3-5-11(10)19-20-13;1-9-7-3-5-8(10-2)6-4-7;5-3-4-1-2-4/h2-5,8-9,22H,6-7H2,1H3,(H2,16,17,18,19,20);3-6,9H,1-2H3;3-4H,1-2H2. The third-order valence-corrected chi connectivity index (χ3v) is 6.05. The van der Waals surface area contributed by atoms with Crippen molar-refractivity contribution in [2.45, 2.75) is 18.9 Å². The average molecular weight is 520 g/mol. The van der Waals surface area contributed by atoms with Crippen LogP contribution in [-0.4, -0.2) is 72.0 Å². The molecule has 4 N–H and O–H groups in total. The van der Waals surface area contributed by atoms with E-state index in [1.165, 1.54) is 6.33 Å². The number of aliphatic hydroxyl groups is 1. The number of aromatic amines is 1. The second-order valence-electron chi connectivity index (χ2n) is 8.83. The minimum absolute atomic E-state index is 0.318. The Bertz CT molecular complexity index is 1300. The second kappa shape index (κ2) is 12.7. The van der Waals surface area contributed by atoms with Crippen molar-refractivity contribution >= 4 is 40.3 Å². The molecule has 2 aromatic heterocycles. The number of hydrogen-bond acceptors (Lipinski definition) is 10. The van der Waals surface area contributed by atoms with Gasteiger partial charge in [-0.2, -0.15) is 5.10 Å². The first kappa shape index (κ1) is 26.7. The third kappa shape index (κ3) is 6.68. The summed E-state index contributed by atoms with van der Waals surface area (Å²) in [6.07, 6.45) is 4.47. The Hall–Kier alpha value is -4.38. The first-order valence-electron chi connectivity index (χ1n) is 12.4. The molecule has 0 bridgehead atoms. The molecule has 0 atom stereocenters. The predicted octanol–water partition coefficient (Wildman–Crippen LogP) is 3.62. The van der Waals surface area contributed by atoms with E-state index in [-0.39, 0.29) is 6.10 Å². The number of ether oxygens (including phenoxy) is 2. The van der Waals surface area contributed by atoms with E-state index in [1.54, 1.807) is 14.2 Å². The number of carbonyl (C=O) groups is 1. The van der Waals surface area contributed by atoms with Crippen molar-refractivity contribution in [3.8, 4) is 11.5 Å². The number of aldehydes is 1. The lowest BCUT2D eigenvalue weighted by atomic mass is 10.1. The van der Waals surface area contributed by atoms with Crippen LogP contribution in [0.3, 0.4) is 0 Å². The van der Waals surface area contributed by atoms with Gasteiger partial charge < -0.3 is 34.9 Å². The van der Waals surface area contributed by atoms with Crippen LogP contribution in [-0.2, 0) is 4.79 Å². The fourth-order valence-electron chi connectivity index (χ4n) is 3.66. The Labute approximate surface area is 221 Å². The zero-order valence-corrected chi connectivity index (χ0v) is 21.7. The Balaban J connectivity index is 0.000000184. The quantitative estimate of drug-likeness (QED) is 0.268. The number of fused-ring (bicyclic) bond motifs is 1. The number of anilines is 4. The van der Waals surface area contributed by atoms with Crippen molar-refractivity contribution in [2.75, 3.05) is 49.9 Å². The van der Waals surface area contributed by atoms with Crippen molar-refractivity contribution in [1.82, 2.24) is 20.2 Å². The van der Waals surface area contributed by atoms with Gasteiger partial charge in [0.1, 0.15) is 18.4 Å². The lowest BCUT2D eigenvalue weighted by Crippen LogP contribution is -2.51. The molecule has 38 heavy (non-hydrogen) atoms. The normalized spacial score (nSPS) is 14.3. The van der Waals surface area contributed by atoms with Gasteiger partial charge in [-0.25, -0.2) is 9.97 Å². The van der Waals surface area contributed by atoms with E-state index in [9.17, 15) is 9.90 Å². The minimum Gasteiger partial charge on any atom is -0.497 e. The number of hydrogen-bond donors (Lipinski definition) is 4. The Morgan fingerprint density at radius 2 is 1.76 bits per heavy atom. The van der Waals surface area contributed by atoms with Crippen LogP contribution in [0.25, 0.3) is 10.9 Å². The van der Waals surface area contributed by atoms with E-state index in [2.05, 4.69) is 30.8 Å². The lowest BCUT2D eigenvalue weighted by molar-refractivity contribution is -0.108. The first-order valence-corrected chi connectivity index (χ1v) is 12.4. The Morgan fingerprint density at radius 1 is 1.03 bits per heavy atom. The van der Waals surface area contributed by atoms with E-state index in [4.69, 9.17) is 9.47 Å².